The number of para-hydroxylation sites is 1. The molecular formula is C25H42Cl2N4O2. The molecule has 0 aliphatic carbocycles. The first kappa shape index (κ1) is 29.5. The molecule has 2 amide bonds. The maximum absolute atomic E-state index is 13.3. The van der Waals surface area contributed by atoms with Gasteiger partial charge in [0, 0.05) is 43.4 Å². The van der Waals surface area contributed by atoms with Crippen molar-refractivity contribution in [2.75, 3.05) is 44.2 Å². The standard InChI is InChI=1S/C25H40N4O2.2ClH/c1-24(2,3)20-9-7-8-10-21(20)27-15-17-28(18-16-27)22(30)23(31)29(25(4,5)6)19-11-13-26-14-12-19;;/h7-10,19,26H,11-18H2,1-6H3;2*1H. The summed E-state index contributed by atoms with van der Waals surface area (Å²) in [5, 5.41) is 3.35. The van der Waals surface area contributed by atoms with Crippen LogP contribution in [0.4, 0.5) is 5.69 Å². The third-order valence-corrected chi connectivity index (χ3v) is 6.42. The summed E-state index contributed by atoms with van der Waals surface area (Å²) in [4.78, 5) is 32.5. The average Bonchev–Trinajstić information content (AvgIpc) is 2.72. The van der Waals surface area contributed by atoms with Crippen molar-refractivity contribution in [2.24, 2.45) is 0 Å². The summed E-state index contributed by atoms with van der Waals surface area (Å²) in [6, 6.07) is 8.65. The number of hydrogen-bond donors (Lipinski definition) is 1. The van der Waals surface area contributed by atoms with Gasteiger partial charge in [-0.2, -0.15) is 0 Å². The van der Waals surface area contributed by atoms with Crippen molar-refractivity contribution < 1.29 is 9.59 Å². The first-order valence-electron chi connectivity index (χ1n) is 11.7. The highest BCUT2D eigenvalue weighted by Gasteiger charge is 2.39. The van der Waals surface area contributed by atoms with Crippen molar-refractivity contribution in [1.29, 1.82) is 0 Å². The predicted molar refractivity (Wildman–Crippen MR) is 141 cm³/mol. The molecule has 2 aliphatic rings. The number of amides is 2. The van der Waals surface area contributed by atoms with Gasteiger partial charge < -0.3 is 20.0 Å². The lowest BCUT2D eigenvalue weighted by Crippen LogP contribution is -2.60. The Balaban J connectivity index is 0.00000272. The zero-order valence-corrected chi connectivity index (χ0v) is 22.7. The van der Waals surface area contributed by atoms with E-state index in [1.807, 2.05) is 25.7 Å². The summed E-state index contributed by atoms with van der Waals surface area (Å²) >= 11 is 0. The number of piperidine rings is 1. The van der Waals surface area contributed by atoms with Crippen LogP contribution in [0, 0.1) is 0 Å². The van der Waals surface area contributed by atoms with Crippen LogP contribution in [0.5, 0.6) is 0 Å². The summed E-state index contributed by atoms with van der Waals surface area (Å²) in [6.07, 6.45) is 1.79. The second-order valence-corrected chi connectivity index (χ2v) is 10.9. The Kier molecular flexibility index (Phi) is 10.5. The highest BCUT2D eigenvalue weighted by molar-refractivity contribution is 6.35. The quantitative estimate of drug-likeness (QED) is 0.626. The molecule has 0 spiro atoms. The molecular weight excluding hydrogens is 459 g/mol. The van der Waals surface area contributed by atoms with E-state index in [-0.39, 0.29) is 53.6 Å². The lowest BCUT2D eigenvalue weighted by Gasteiger charge is -2.44. The van der Waals surface area contributed by atoms with E-state index < -0.39 is 0 Å². The molecule has 1 aromatic rings. The van der Waals surface area contributed by atoms with Gasteiger partial charge in [-0.1, -0.05) is 39.0 Å². The van der Waals surface area contributed by atoms with Crippen LogP contribution in [0.1, 0.15) is 59.9 Å². The van der Waals surface area contributed by atoms with E-state index in [1.54, 1.807) is 4.90 Å². The number of halogens is 2. The van der Waals surface area contributed by atoms with Gasteiger partial charge in [-0.15, -0.1) is 24.8 Å². The van der Waals surface area contributed by atoms with Crippen LogP contribution in [-0.2, 0) is 15.0 Å². The Morgan fingerprint density at radius 2 is 1.45 bits per heavy atom. The van der Waals surface area contributed by atoms with Gasteiger partial charge in [0.05, 0.1) is 0 Å². The average molecular weight is 502 g/mol. The fourth-order valence-corrected chi connectivity index (χ4v) is 4.86. The number of benzene rings is 1. The van der Waals surface area contributed by atoms with Crippen LogP contribution in [0.2, 0.25) is 0 Å². The molecule has 2 heterocycles. The maximum atomic E-state index is 13.3. The Labute approximate surface area is 212 Å². The number of piperazine rings is 1. The van der Waals surface area contributed by atoms with Crippen LogP contribution >= 0.6 is 24.8 Å². The first-order valence-corrected chi connectivity index (χ1v) is 11.7. The highest BCUT2D eigenvalue weighted by Crippen LogP contribution is 2.32. The fraction of sp³-hybridized carbons (Fsp3) is 0.680. The normalized spacial score (nSPS) is 17.6. The minimum absolute atomic E-state index is 0. The third-order valence-electron chi connectivity index (χ3n) is 6.42. The summed E-state index contributed by atoms with van der Waals surface area (Å²) < 4.78 is 0. The van der Waals surface area contributed by atoms with Gasteiger partial charge in [-0.05, 0) is 63.7 Å². The molecule has 8 heteroatoms. The van der Waals surface area contributed by atoms with E-state index in [4.69, 9.17) is 0 Å². The van der Waals surface area contributed by atoms with Gasteiger partial charge in [0.15, 0.2) is 0 Å². The Bertz CT molecular complexity index is 790. The van der Waals surface area contributed by atoms with Gasteiger partial charge in [0.2, 0.25) is 0 Å². The van der Waals surface area contributed by atoms with Crippen LogP contribution in [0.25, 0.3) is 0 Å². The molecule has 33 heavy (non-hydrogen) atoms. The van der Waals surface area contributed by atoms with E-state index in [0.717, 1.165) is 39.0 Å². The monoisotopic (exact) mass is 500 g/mol. The van der Waals surface area contributed by atoms with Crippen LogP contribution < -0.4 is 10.2 Å². The molecule has 1 N–H and O–H groups in total. The topological polar surface area (TPSA) is 55.9 Å². The van der Waals surface area contributed by atoms with E-state index in [9.17, 15) is 9.59 Å². The summed E-state index contributed by atoms with van der Waals surface area (Å²) in [7, 11) is 0. The first-order chi connectivity index (χ1) is 14.5. The van der Waals surface area contributed by atoms with Gasteiger partial charge in [-0.25, -0.2) is 0 Å². The Hall–Kier alpha value is -1.50. The minimum atomic E-state index is -0.373. The lowest BCUT2D eigenvalue weighted by molar-refractivity contribution is -0.157. The Morgan fingerprint density at radius 1 is 0.909 bits per heavy atom. The van der Waals surface area contributed by atoms with Crippen LogP contribution in [0.3, 0.4) is 0 Å². The number of nitrogens with one attached hydrogen (secondary N) is 1. The molecule has 188 valence electrons. The van der Waals surface area contributed by atoms with Gasteiger partial charge in [-0.3, -0.25) is 9.59 Å². The molecule has 6 nitrogen and oxygen atoms in total. The van der Waals surface area contributed by atoms with Crippen LogP contribution in [-0.4, -0.2) is 72.5 Å². The van der Waals surface area contributed by atoms with Gasteiger partial charge in [0.1, 0.15) is 0 Å². The van der Waals surface area contributed by atoms with Gasteiger partial charge >= 0.3 is 11.8 Å². The minimum Gasteiger partial charge on any atom is -0.368 e. The molecule has 0 aromatic heterocycles. The number of carbonyl (C=O) groups is 2. The van der Waals surface area contributed by atoms with E-state index in [2.05, 4.69) is 55.3 Å². The molecule has 0 saturated carbocycles. The number of anilines is 1. The second-order valence-electron chi connectivity index (χ2n) is 10.9. The van der Waals surface area contributed by atoms with Crippen molar-refractivity contribution in [3.8, 4) is 0 Å². The Morgan fingerprint density at radius 3 is 1.97 bits per heavy atom. The van der Waals surface area contributed by atoms with Crippen molar-refractivity contribution in [1.82, 2.24) is 15.1 Å². The molecule has 0 unspecified atom stereocenters. The number of nitrogens with zero attached hydrogens (tertiary/aromatic N) is 3. The van der Waals surface area contributed by atoms with Crippen molar-refractivity contribution in [3.05, 3.63) is 29.8 Å². The highest BCUT2D eigenvalue weighted by atomic mass is 35.5. The largest absolute Gasteiger partial charge is 0.368 e. The number of hydrogen-bond acceptors (Lipinski definition) is 4. The van der Waals surface area contributed by atoms with Crippen molar-refractivity contribution >= 4 is 42.3 Å². The number of carbonyl (C=O) groups excluding carboxylic acids is 2. The molecule has 3 rings (SSSR count). The maximum Gasteiger partial charge on any atom is 0.312 e. The molecule has 0 atom stereocenters. The summed E-state index contributed by atoms with van der Waals surface area (Å²) in [5.41, 5.74) is 2.24. The molecule has 2 aliphatic heterocycles. The van der Waals surface area contributed by atoms with E-state index in [0.29, 0.717) is 13.1 Å². The second kappa shape index (κ2) is 11.8. The zero-order chi connectivity index (χ0) is 22.8. The zero-order valence-electron chi connectivity index (χ0n) is 21.0. The summed E-state index contributed by atoms with van der Waals surface area (Å²) in [5.74, 6) is -0.694. The van der Waals surface area contributed by atoms with Gasteiger partial charge in [0.25, 0.3) is 0 Å². The van der Waals surface area contributed by atoms with Crippen molar-refractivity contribution in [3.63, 3.8) is 0 Å². The van der Waals surface area contributed by atoms with E-state index >= 15 is 0 Å². The SMILES string of the molecule is CC(C)(C)c1ccccc1N1CCN(C(=O)C(=O)N(C2CCNCC2)C(C)(C)C)CC1.Cl.Cl. The molecule has 2 fully saturated rings. The number of rotatable bonds is 2. The third kappa shape index (κ3) is 7.00. The summed E-state index contributed by atoms with van der Waals surface area (Å²) in [6.45, 7) is 17.2. The molecule has 1 aromatic carbocycles. The fourth-order valence-electron chi connectivity index (χ4n) is 4.86. The van der Waals surface area contributed by atoms with Crippen LogP contribution in [0.15, 0.2) is 24.3 Å². The predicted octanol–water partition coefficient (Wildman–Crippen LogP) is 3.86. The lowest BCUT2D eigenvalue weighted by atomic mass is 9.85. The molecule has 0 bridgehead atoms. The molecule has 0 radical (unpaired) electrons. The van der Waals surface area contributed by atoms with E-state index in [1.165, 1.54) is 11.3 Å². The smallest absolute Gasteiger partial charge is 0.312 e. The molecule has 2 saturated heterocycles. The van der Waals surface area contributed by atoms with Crippen molar-refractivity contribution in [2.45, 2.75) is 71.4 Å².